The van der Waals surface area contributed by atoms with Crippen molar-refractivity contribution in [3.05, 3.63) is 150 Å². The van der Waals surface area contributed by atoms with Crippen molar-refractivity contribution >= 4 is 99.3 Å². The van der Waals surface area contributed by atoms with Crippen LogP contribution in [0.4, 0.5) is 22.7 Å². The number of nitrogens with zero attached hydrogens (tertiary/aromatic N) is 12. The zero-order valence-electron chi connectivity index (χ0n) is 69.6. The summed E-state index contributed by atoms with van der Waals surface area (Å²) >= 11 is 2.51. The summed E-state index contributed by atoms with van der Waals surface area (Å²) in [5, 5.41) is 56.7. The van der Waals surface area contributed by atoms with Gasteiger partial charge >= 0.3 is 115 Å². The van der Waals surface area contributed by atoms with Gasteiger partial charge in [0.25, 0.3) is 30.1 Å². The number of thiazole rings is 2. The molecule has 6 aromatic rings. The molecule has 8 saturated heterocycles. The van der Waals surface area contributed by atoms with E-state index in [-0.39, 0.29) is 151 Å². The van der Waals surface area contributed by atoms with Crippen LogP contribution in [0.2, 0.25) is 0 Å². The summed E-state index contributed by atoms with van der Waals surface area (Å²) in [6.45, 7) is 29.2. The van der Waals surface area contributed by atoms with Gasteiger partial charge in [-0.15, -0.1) is 22.7 Å². The van der Waals surface area contributed by atoms with Gasteiger partial charge in [0.15, 0.2) is 5.01 Å². The number of anilines is 4. The number of hydrogen-bond donors (Lipinski definition) is 9. The molecule has 0 spiro atoms. The normalized spacial score (nSPS) is 18.9. The molecule has 0 aliphatic carbocycles. The van der Waals surface area contributed by atoms with Gasteiger partial charge in [-0.2, -0.15) is 0 Å². The summed E-state index contributed by atoms with van der Waals surface area (Å²) in [5.41, 5.74) is 12.4. The SMILES string of the molecule is CC(=O)N1CCN(C2CN(C(=O)c3ccc4c(c3)CCCN4)C2)CC1.CC(=O)N1CCN(C2CNC2)CC1.CO.O=C(O)c1ccc2c(c1)CCCN2.O=C(O)c1nccs1.O=C(c1ccc2c(c1)CCCN2)N1CC(N2CCN(C(=O)c3nccs3)CC2)C1.O=C(c1ccc2c(c1)CCCN2)N1CC(N2CCNCC2)C1.O=CO[O-].[H-].[K+].[K+]. The molecule has 118 heavy (non-hydrogen) atoms. The van der Waals surface area contributed by atoms with E-state index in [0.717, 1.165) is 287 Å². The number of aliphatic hydroxyl groups is 1. The van der Waals surface area contributed by atoms with Gasteiger partial charge in [0, 0.05) is 291 Å². The van der Waals surface area contributed by atoms with E-state index in [1.54, 1.807) is 37.6 Å². The fraction of sp³-hybridized carbons (Fsp3) is 0.524. The van der Waals surface area contributed by atoms with Crippen LogP contribution < -0.4 is 140 Å². The number of carboxylic acids is 2. The van der Waals surface area contributed by atoms with Crippen LogP contribution in [-0.2, 0) is 45.0 Å². The predicted octanol–water partition coefficient (Wildman–Crippen LogP) is -2.54. The number of aliphatic hydroxyl groups excluding tert-OH is 1. The second-order valence-corrected chi connectivity index (χ2v) is 32.0. The van der Waals surface area contributed by atoms with E-state index in [2.05, 4.69) is 90.6 Å². The molecule has 6 amide bonds. The molecular weight excluding hydrogens is 1600 g/mol. The van der Waals surface area contributed by atoms with Crippen LogP contribution in [0.5, 0.6) is 0 Å². The summed E-state index contributed by atoms with van der Waals surface area (Å²) in [6.07, 6.45) is 11.8. The molecule has 12 aliphatic heterocycles. The number of likely N-dealkylation sites (tertiary alicyclic amines) is 3. The number of amides is 6. The van der Waals surface area contributed by atoms with Crippen molar-refractivity contribution in [1.29, 1.82) is 0 Å². The van der Waals surface area contributed by atoms with Gasteiger partial charge in [-0.3, -0.25) is 53.2 Å². The monoisotopic (exact) mass is 1710 g/mol. The molecule has 9 N–H and O–H groups in total. The molecular formula is C82H112K2N18O14S2. The fourth-order valence-corrected chi connectivity index (χ4v) is 17.1. The van der Waals surface area contributed by atoms with Crippen LogP contribution in [-0.4, -0.2) is 343 Å². The smallest absolute Gasteiger partial charge is 1.00 e. The van der Waals surface area contributed by atoms with Crippen molar-refractivity contribution in [1.82, 2.24) is 69.6 Å². The Kier molecular flexibility index (Phi) is 39.1. The van der Waals surface area contributed by atoms with Crippen LogP contribution in [0, 0.1) is 0 Å². The van der Waals surface area contributed by atoms with Gasteiger partial charge in [0.05, 0.1) is 5.56 Å². The molecule has 0 unspecified atom stereocenters. The zero-order chi connectivity index (χ0) is 82.0. The number of aromatic carboxylic acids is 2. The third-order valence-electron chi connectivity index (χ3n) is 23.0. The molecule has 8 fully saturated rings. The number of fused-ring (bicyclic) bond motifs is 4. The van der Waals surface area contributed by atoms with E-state index >= 15 is 0 Å². The second-order valence-electron chi connectivity index (χ2n) is 30.2. The minimum Gasteiger partial charge on any atom is -1.00 e. The van der Waals surface area contributed by atoms with Crippen molar-refractivity contribution < 1.29 is 173 Å². The Balaban J connectivity index is 0.000000181. The van der Waals surface area contributed by atoms with Gasteiger partial charge < -0.3 is 88.2 Å². The zero-order valence-corrected chi connectivity index (χ0v) is 76.5. The van der Waals surface area contributed by atoms with Crippen molar-refractivity contribution in [3.8, 4) is 0 Å². The summed E-state index contributed by atoms with van der Waals surface area (Å²) in [5.74, 6) is -0.933. The van der Waals surface area contributed by atoms with Gasteiger partial charge in [0.2, 0.25) is 16.8 Å². The van der Waals surface area contributed by atoms with Gasteiger partial charge in [-0.1, -0.05) is 0 Å². The Morgan fingerprint density at radius 1 is 0.415 bits per heavy atom. The summed E-state index contributed by atoms with van der Waals surface area (Å²) in [6, 6.07) is 25.6. The summed E-state index contributed by atoms with van der Waals surface area (Å²) in [4.78, 5) is 134. The van der Waals surface area contributed by atoms with E-state index in [1.165, 1.54) is 51.3 Å². The molecule has 12 aliphatic rings. The number of rotatable bonds is 11. The van der Waals surface area contributed by atoms with Gasteiger partial charge in [-0.05, 0) is 146 Å². The Morgan fingerprint density at radius 3 is 1.02 bits per heavy atom. The minimum atomic E-state index is -0.958. The third kappa shape index (κ3) is 26.5. The van der Waals surface area contributed by atoms with Crippen molar-refractivity contribution in [2.45, 2.75) is 89.4 Å². The second kappa shape index (κ2) is 48.4. The van der Waals surface area contributed by atoms with E-state index < -0.39 is 11.9 Å². The predicted molar refractivity (Wildman–Crippen MR) is 443 cm³/mol. The Morgan fingerprint density at radius 2 is 0.729 bits per heavy atom. The molecule has 0 atom stereocenters. The number of benzene rings is 4. The van der Waals surface area contributed by atoms with Crippen LogP contribution in [0.25, 0.3) is 0 Å². The van der Waals surface area contributed by atoms with Crippen LogP contribution >= 0.6 is 22.7 Å². The van der Waals surface area contributed by atoms with E-state index in [0.29, 0.717) is 28.7 Å². The van der Waals surface area contributed by atoms with Crippen LogP contribution in [0.15, 0.2) is 96.0 Å². The first kappa shape index (κ1) is 95.4. The third-order valence-corrected chi connectivity index (χ3v) is 24.5. The Hall–Kier alpha value is -6.48. The molecule has 0 radical (unpaired) electrons. The number of carbonyl (C=O) groups excluding carboxylic acids is 7. The minimum absolute atomic E-state index is 0. The molecule has 2 aromatic heterocycles. The largest absolute Gasteiger partial charge is 1.00 e. The van der Waals surface area contributed by atoms with Crippen molar-refractivity contribution in [2.75, 3.05) is 212 Å². The molecule has 0 bridgehead atoms. The van der Waals surface area contributed by atoms with Gasteiger partial charge in [-0.25, -0.2) is 19.6 Å². The number of carbonyl (C=O) groups is 9. The Bertz CT molecular complexity index is 4270. The fourth-order valence-electron chi connectivity index (χ4n) is 16.0. The molecule has 18 rings (SSSR count). The van der Waals surface area contributed by atoms with Crippen molar-refractivity contribution in [3.63, 3.8) is 0 Å². The Labute approximate surface area is 784 Å². The van der Waals surface area contributed by atoms with E-state index in [9.17, 15) is 38.4 Å². The topological polar surface area (TPSA) is 377 Å². The number of nitrogens with one attached hydrogen (secondary N) is 6. The molecule has 628 valence electrons. The maximum atomic E-state index is 12.8. The standard InChI is InChI=1S/C21H25N5O2S.C19H26N4O2.C17H24N4O.C10H11NO2.C9H17N3O.C4H3NO2S.CH2O3.CH4O.2K.H/c27-20(16-3-4-18-15(12-16)2-1-5-22-18)26-13-17(14-26)24-7-9-25(10-8-24)21(28)19-23-6-11-29-19;1-14(24)21-7-9-22(10-8-21)17-12-23(13-17)19(25)16-4-5-18-15(11-16)3-2-6-20-18;22-17(14-3-4-16-13(10-14)2-1-5-19-16)21-11-15(12-21)20-8-6-18-7-9-20;12-10(13)8-3-4-9-7(6-8)2-1-5-11-9;1-8(13)11-2-4-12(5-3-11)9-6-10-7-9;6-4(7)3-5-1-2-8-3;2-1-4-3;1-2;;;/h3-4,6,11-12,17,22H,1-2,5,7-10,13-14H2;4-5,11,17,20H,2-3,6-10,12-13H2,1H3;3-4,10,15,18-19H,1-2,5-9,11-12H2;3-4,6,11H,1-2,5H2,(H,12,13);9-10H,2-7H2,1H3;1-2H,(H,6,7);1,3H;2H,1H3;;;/q;;;;;;;;2*+1;-1/p-1. The van der Waals surface area contributed by atoms with Crippen molar-refractivity contribution in [2.24, 2.45) is 0 Å². The quantitative estimate of drug-likeness (QED) is 0.0279. The molecule has 0 saturated carbocycles. The first-order chi connectivity index (χ1) is 56.4. The molecule has 32 nitrogen and oxygen atoms in total. The van der Waals surface area contributed by atoms with E-state index in [4.69, 9.17) is 25.4 Å². The number of piperazine rings is 4. The molecule has 36 heteroatoms. The average Bonchev–Trinajstić information content (AvgIpc) is 1.09. The molecule has 4 aromatic carbocycles. The maximum absolute atomic E-state index is 12.8. The summed E-state index contributed by atoms with van der Waals surface area (Å²) < 4.78 is 0. The maximum Gasteiger partial charge on any atom is 1.00 e. The first-order valence-corrected chi connectivity index (χ1v) is 42.1. The van der Waals surface area contributed by atoms with Crippen LogP contribution in [0.1, 0.15) is 124 Å². The van der Waals surface area contributed by atoms with Crippen LogP contribution in [0.3, 0.4) is 0 Å². The number of aromatic nitrogens is 2. The van der Waals surface area contributed by atoms with Gasteiger partial charge in [0.1, 0.15) is 0 Å². The first-order valence-electron chi connectivity index (χ1n) is 40.3. The number of carboxylic acid groups (broad SMARTS) is 2. The van der Waals surface area contributed by atoms with E-state index in [1.807, 2.05) is 71.2 Å². The number of aryl methyl sites for hydroxylation is 4. The summed E-state index contributed by atoms with van der Waals surface area (Å²) in [7, 11) is 1.00. The average molecular weight is 1720 g/mol. The number of hydrogen-bond acceptors (Lipinski definition) is 26. The molecule has 14 heterocycles.